The van der Waals surface area contributed by atoms with Crippen molar-refractivity contribution in [2.24, 2.45) is 0 Å². The number of hydrogen-bond acceptors (Lipinski definition) is 3. The summed E-state index contributed by atoms with van der Waals surface area (Å²) in [6.07, 6.45) is 0.207. The second-order valence-corrected chi connectivity index (χ2v) is 7.01. The van der Waals surface area contributed by atoms with Crippen molar-refractivity contribution >= 4 is 5.78 Å². The minimum absolute atomic E-state index is 0.0732. The van der Waals surface area contributed by atoms with Crippen molar-refractivity contribution in [3.63, 3.8) is 0 Å². The lowest BCUT2D eigenvalue weighted by Crippen LogP contribution is -2.37. The average Bonchev–Trinajstić information content (AvgIpc) is 2.61. The van der Waals surface area contributed by atoms with Gasteiger partial charge in [0.05, 0.1) is 6.54 Å². The van der Waals surface area contributed by atoms with Crippen molar-refractivity contribution in [2.75, 3.05) is 0 Å². The summed E-state index contributed by atoms with van der Waals surface area (Å²) >= 11 is 0. The number of rotatable bonds is 5. The van der Waals surface area contributed by atoms with Gasteiger partial charge in [0, 0.05) is 17.2 Å². The summed E-state index contributed by atoms with van der Waals surface area (Å²) in [5.41, 5.74) is 0.822. The molecule has 0 aliphatic rings. The van der Waals surface area contributed by atoms with Crippen LogP contribution in [0.3, 0.4) is 0 Å². The fraction of sp³-hybridized carbons (Fsp3) is 0.227. The number of ketones is 1. The van der Waals surface area contributed by atoms with Crippen LogP contribution in [0.1, 0.15) is 45.2 Å². The number of carbonyl (C=O) groups excluding carboxylic acids is 1. The lowest BCUT2D eigenvalue weighted by molar-refractivity contribution is 0.102. The molecule has 0 atom stereocenters. The maximum atomic E-state index is 13.6. The van der Waals surface area contributed by atoms with Crippen LogP contribution in [0.15, 0.2) is 46.0 Å². The van der Waals surface area contributed by atoms with Crippen LogP contribution in [-0.2, 0) is 13.0 Å². The van der Waals surface area contributed by atoms with E-state index in [4.69, 9.17) is 0 Å². The molecule has 150 valence electrons. The third kappa shape index (κ3) is 4.23. The van der Waals surface area contributed by atoms with Gasteiger partial charge in [0.2, 0.25) is 5.78 Å². The monoisotopic (exact) mass is 398 g/mol. The number of nitrogens with zero attached hydrogens (tertiary/aromatic N) is 1. The molecule has 0 amide bonds. The van der Waals surface area contributed by atoms with Gasteiger partial charge < -0.3 is 0 Å². The van der Waals surface area contributed by atoms with Crippen molar-refractivity contribution in [2.45, 2.75) is 33.7 Å². The second-order valence-electron chi connectivity index (χ2n) is 7.01. The fourth-order valence-electron chi connectivity index (χ4n) is 3.48. The zero-order valence-electron chi connectivity index (χ0n) is 16.3. The van der Waals surface area contributed by atoms with E-state index in [0.717, 1.165) is 33.9 Å². The first kappa shape index (κ1) is 20.4. The number of halogens is 2. The molecule has 1 N–H and O–H groups in total. The Morgan fingerprint density at radius 2 is 1.55 bits per heavy atom. The predicted molar refractivity (Wildman–Crippen MR) is 106 cm³/mol. The maximum absolute atomic E-state index is 13.6. The Morgan fingerprint density at radius 3 is 2.10 bits per heavy atom. The van der Waals surface area contributed by atoms with E-state index in [9.17, 15) is 23.2 Å². The van der Waals surface area contributed by atoms with Gasteiger partial charge in [-0.15, -0.1) is 0 Å². The third-order valence-electron chi connectivity index (χ3n) is 4.61. The SMILES string of the molecule is CCc1c(C(=O)c2cc(C)cc(C)c2)n(Cc2cc(F)cc(F)c2)c(=O)[nH]c1=O. The van der Waals surface area contributed by atoms with E-state index >= 15 is 0 Å². The van der Waals surface area contributed by atoms with E-state index in [1.165, 1.54) is 0 Å². The van der Waals surface area contributed by atoms with Crippen LogP contribution in [0.4, 0.5) is 8.78 Å². The molecule has 0 fully saturated rings. The standard InChI is InChI=1S/C22H20F2N2O3/c1-4-18-19(20(27)15-6-12(2)5-13(3)7-15)26(22(29)25-21(18)28)11-14-8-16(23)10-17(24)9-14/h5-10H,4,11H2,1-3H3,(H,25,28,29). The third-order valence-corrected chi connectivity index (χ3v) is 4.61. The largest absolute Gasteiger partial charge is 0.329 e. The molecule has 0 spiro atoms. The first-order valence-corrected chi connectivity index (χ1v) is 9.13. The van der Waals surface area contributed by atoms with Crippen LogP contribution >= 0.6 is 0 Å². The summed E-state index contributed by atoms with van der Waals surface area (Å²) in [5, 5.41) is 0. The Hall–Kier alpha value is -3.35. The Morgan fingerprint density at radius 1 is 0.966 bits per heavy atom. The highest BCUT2D eigenvalue weighted by atomic mass is 19.1. The Kier molecular flexibility index (Phi) is 5.59. The lowest BCUT2D eigenvalue weighted by atomic mass is 9.99. The maximum Gasteiger partial charge on any atom is 0.329 e. The van der Waals surface area contributed by atoms with E-state index in [0.29, 0.717) is 5.56 Å². The molecule has 1 heterocycles. The van der Waals surface area contributed by atoms with Crippen LogP contribution in [0.25, 0.3) is 0 Å². The number of carbonyl (C=O) groups is 1. The normalized spacial score (nSPS) is 10.9. The van der Waals surface area contributed by atoms with Crippen LogP contribution in [0.2, 0.25) is 0 Å². The quantitative estimate of drug-likeness (QED) is 0.671. The summed E-state index contributed by atoms with van der Waals surface area (Å²) < 4.78 is 28.3. The molecule has 0 aliphatic heterocycles. The van der Waals surface area contributed by atoms with Gasteiger partial charge >= 0.3 is 5.69 Å². The molecule has 0 saturated heterocycles. The Labute approximate surface area is 165 Å². The number of aryl methyl sites for hydroxylation is 2. The molecule has 0 radical (unpaired) electrons. The highest BCUT2D eigenvalue weighted by molar-refractivity contribution is 6.09. The number of H-pyrrole nitrogens is 1. The van der Waals surface area contributed by atoms with Gasteiger partial charge in [-0.2, -0.15) is 0 Å². The topological polar surface area (TPSA) is 71.9 Å². The summed E-state index contributed by atoms with van der Waals surface area (Å²) in [5.74, 6) is -2.08. The van der Waals surface area contributed by atoms with Gasteiger partial charge in [0.25, 0.3) is 5.56 Å². The van der Waals surface area contributed by atoms with Crippen molar-refractivity contribution < 1.29 is 13.6 Å². The minimum atomic E-state index is -0.815. The first-order valence-electron chi connectivity index (χ1n) is 9.13. The molecule has 5 nitrogen and oxygen atoms in total. The van der Waals surface area contributed by atoms with E-state index < -0.39 is 28.7 Å². The molecule has 7 heteroatoms. The Balaban J connectivity index is 2.25. The molecule has 0 aliphatic carbocycles. The van der Waals surface area contributed by atoms with Gasteiger partial charge in [-0.1, -0.05) is 24.1 Å². The highest BCUT2D eigenvalue weighted by Crippen LogP contribution is 2.17. The molecule has 29 heavy (non-hydrogen) atoms. The van der Waals surface area contributed by atoms with Crippen LogP contribution in [0, 0.1) is 25.5 Å². The van der Waals surface area contributed by atoms with Crippen molar-refractivity contribution in [1.29, 1.82) is 0 Å². The van der Waals surface area contributed by atoms with Gasteiger partial charge in [-0.25, -0.2) is 13.6 Å². The predicted octanol–water partition coefficient (Wildman–Crippen LogP) is 3.27. The molecule has 3 aromatic rings. The summed E-state index contributed by atoms with van der Waals surface area (Å²) in [4.78, 5) is 40.4. The van der Waals surface area contributed by atoms with Crippen molar-refractivity contribution in [1.82, 2.24) is 9.55 Å². The van der Waals surface area contributed by atoms with E-state index in [1.54, 1.807) is 19.1 Å². The lowest BCUT2D eigenvalue weighted by Gasteiger charge is -2.16. The smallest absolute Gasteiger partial charge is 0.287 e. The zero-order valence-corrected chi connectivity index (χ0v) is 16.3. The van der Waals surface area contributed by atoms with Crippen LogP contribution < -0.4 is 11.2 Å². The molecular formula is C22H20F2N2O3. The average molecular weight is 398 g/mol. The van der Waals surface area contributed by atoms with E-state index in [-0.39, 0.29) is 29.8 Å². The van der Waals surface area contributed by atoms with Gasteiger partial charge in [0.15, 0.2) is 0 Å². The fourth-order valence-corrected chi connectivity index (χ4v) is 3.48. The number of nitrogens with one attached hydrogen (secondary N) is 1. The van der Waals surface area contributed by atoms with Crippen molar-refractivity contribution in [3.8, 4) is 0 Å². The summed E-state index contributed by atoms with van der Waals surface area (Å²) in [6.45, 7) is 5.11. The number of benzene rings is 2. The minimum Gasteiger partial charge on any atom is -0.287 e. The zero-order chi connectivity index (χ0) is 21.3. The Bertz CT molecular complexity index is 1190. The first-order chi connectivity index (χ1) is 13.7. The van der Waals surface area contributed by atoms with Gasteiger partial charge in [0.1, 0.15) is 17.3 Å². The highest BCUT2D eigenvalue weighted by Gasteiger charge is 2.22. The number of aromatic amines is 1. The molecule has 0 bridgehead atoms. The number of aromatic nitrogens is 2. The second kappa shape index (κ2) is 7.95. The van der Waals surface area contributed by atoms with Crippen molar-refractivity contribution in [3.05, 3.63) is 102 Å². The van der Waals surface area contributed by atoms with Gasteiger partial charge in [-0.3, -0.25) is 19.1 Å². The van der Waals surface area contributed by atoms with Crippen LogP contribution in [0.5, 0.6) is 0 Å². The molecule has 0 unspecified atom stereocenters. The molecule has 2 aromatic carbocycles. The molecule has 1 aromatic heterocycles. The van der Waals surface area contributed by atoms with Crippen LogP contribution in [-0.4, -0.2) is 15.3 Å². The molecular weight excluding hydrogens is 378 g/mol. The summed E-state index contributed by atoms with van der Waals surface area (Å²) in [7, 11) is 0. The summed E-state index contributed by atoms with van der Waals surface area (Å²) in [6, 6.07) is 8.13. The van der Waals surface area contributed by atoms with E-state index in [2.05, 4.69) is 4.98 Å². The van der Waals surface area contributed by atoms with E-state index in [1.807, 2.05) is 19.9 Å². The molecule has 3 rings (SSSR count). The van der Waals surface area contributed by atoms with Gasteiger partial charge in [-0.05, 0) is 50.1 Å². The number of hydrogen-bond donors (Lipinski definition) is 1. The molecule has 0 saturated carbocycles.